The lowest BCUT2D eigenvalue weighted by Crippen LogP contribution is -2.60. The zero-order valence-corrected chi connectivity index (χ0v) is 28.4. The van der Waals surface area contributed by atoms with Crippen molar-refractivity contribution in [1.82, 2.24) is 4.90 Å². The molecular formula is C32H53NO11. The van der Waals surface area contributed by atoms with Crippen LogP contribution >= 0.6 is 0 Å². The molecule has 12 nitrogen and oxygen atoms in total. The summed E-state index contributed by atoms with van der Waals surface area (Å²) < 4.78 is 36.2. The summed E-state index contributed by atoms with van der Waals surface area (Å²) in [5.74, 6) is -4.86. The molecule has 0 radical (unpaired) electrons. The number of carbonyl (C=O) groups is 4. The number of rotatable bonds is 6. The van der Waals surface area contributed by atoms with Crippen molar-refractivity contribution in [2.45, 2.75) is 141 Å². The first-order valence-electron chi connectivity index (χ1n) is 15.6. The molecule has 3 aliphatic heterocycles. The molecule has 3 heterocycles. The van der Waals surface area contributed by atoms with Crippen LogP contribution in [0.4, 0.5) is 0 Å². The number of likely N-dealkylation sites (N-methyl/N-ethyl adjacent to an activating group) is 1. The molecule has 13 atom stereocenters. The Bertz CT molecular complexity index is 1090. The fourth-order valence-electron chi connectivity index (χ4n) is 7.16. The second kappa shape index (κ2) is 13.4. The van der Waals surface area contributed by atoms with Gasteiger partial charge in [0.05, 0.1) is 23.9 Å². The molecule has 0 aromatic rings. The molecule has 3 aliphatic rings. The Morgan fingerprint density at radius 3 is 2.23 bits per heavy atom. The number of fused-ring (bicyclic) bond motifs is 1. The lowest BCUT2D eigenvalue weighted by atomic mass is 9.75. The van der Waals surface area contributed by atoms with E-state index >= 15 is 0 Å². The summed E-state index contributed by atoms with van der Waals surface area (Å²) in [4.78, 5) is 55.3. The zero-order chi connectivity index (χ0) is 33.5. The number of carbonyl (C=O) groups excluding carboxylic acids is 4. The molecule has 1 N–H and O–H groups in total. The Labute approximate surface area is 261 Å². The number of hydrogen-bond acceptors (Lipinski definition) is 12. The highest BCUT2D eigenvalue weighted by atomic mass is 16.7. The first-order valence-corrected chi connectivity index (χ1v) is 15.6. The maximum atomic E-state index is 14.0. The quantitative estimate of drug-likeness (QED) is 0.262. The first-order chi connectivity index (χ1) is 20.2. The van der Waals surface area contributed by atoms with E-state index < -0.39 is 83.0 Å². The van der Waals surface area contributed by atoms with Gasteiger partial charge in [-0.25, -0.2) is 0 Å². The van der Waals surface area contributed by atoms with Crippen molar-refractivity contribution in [1.29, 1.82) is 0 Å². The number of nitrogens with zero attached hydrogens (tertiary/aromatic N) is 1. The van der Waals surface area contributed by atoms with Crippen molar-refractivity contribution in [3.8, 4) is 0 Å². The van der Waals surface area contributed by atoms with Crippen LogP contribution in [0.25, 0.3) is 0 Å². The van der Waals surface area contributed by atoms with Gasteiger partial charge in [-0.05, 0) is 68.0 Å². The predicted molar refractivity (Wildman–Crippen MR) is 158 cm³/mol. The smallest absolute Gasteiger partial charge is 0.316 e. The highest BCUT2D eigenvalue weighted by molar-refractivity contribution is 6.00. The van der Waals surface area contributed by atoms with Gasteiger partial charge >= 0.3 is 11.9 Å². The molecule has 0 amide bonds. The summed E-state index contributed by atoms with van der Waals surface area (Å²) in [5.41, 5.74) is -4.25. The molecule has 0 saturated carbocycles. The third-order valence-electron chi connectivity index (χ3n) is 9.85. The maximum Gasteiger partial charge on any atom is 0.316 e. The monoisotopic (exact) mass is 627 g/mol. The van der Waals surface area contributed by atoms with Crippen molar-refractivity contribution in [2.75, 3.05) is 21.2 Å². The summed E-state index contributed by atoms with van der Waals surface area (Å²) in [6, 6.07) is -0.247. The number of methoxy groups -OCH3 is 1. The van der Waals surface area contributed by atoms with Gasteiger partial charge in [-0.1, -0.05) is 20.8 Å². The Balaban J connectivity index is 2.10. The van der Waals surface area contributed by atoms with Gasteiger partial charge in [0, 0.05) is 25.9 Å². The second-order valence-electron chi connectivity index (χ2n) is 13.8. The molecule has 252 valence electrons. The standard InChI is InChI=1S/C32H53NO11/c1-13-22-31(8,38)29-32(9,44-29)25(36)16(2)15-30(7,39-12)26(18(4)23(35)19(5)27(37)42-22)43-28-24(41-20(6)34)21(33(10)11)14-17(3)40-28/h16-19,21-22,24,26,28-29,38H,13-15H2,1-12H3/t16-,17-,18+,19-,21+,22-,24-,26-,28+,29-,30+,31-,32+/m1/s1. The van der Waals surface area contributed by atoms with Crippen LogP contribution < -0.4 is 0 Å². The molecule has 0 bridgehead atoms. The molecule has 0 aliphatic carbocycles. The van der Waals surface area contributed by atoms with Crippen LogP contribution in [0.5, 0.6) is 0 Å². The van der Waals surface area contributed by atoms with E-state index in [-0.39, 0.29) is 30.8 Å². The van der Waals surface area contributed by atoms with Gasteiger partial charge < -0.3 is 38.4 Å². The summed E-state index contributed by atoms with van der Waals surface area (Å²) in [7, 11) is 5.22. The zero-order valence-electron chi connectivity index (χ0n) is 28.4. The summed E-state index contributed by atoms with van der Waals surface area (Å²) in [6.07, 6.45) is -4.22. The molecule has 0 spiro atoms. The second-order valence-corrected chi connectivity index (χ2v) is 13.8. The van der Waals surface area contributed by atoms with E-state index in [1.165, 1.54) is 27.9 Å². The maximum absolute atomic E-state index is 14.0. The number of aliphatic hydroxyl groups is 1. The number of Topliss-reactive ketones (excluding diaryl/α,β-unsaturated/α-hetero) is 2. The Hall–Kier alpha value is -1.96. The lowest BCUT2D eigenvalue weighted by molar-refractivity contribution is -0.298. The number of ether oxygens (including phenoxy) is 6. The van der Waals surface area contributed by atoms with Gasteiger partial charge in [-0.15, -0.1) is 0 Å². The van der Waals surface area contributed by atoms with E-state index in [2.05, 4.69) is 0 Å². The molecular weight excluding hydrogens is 574 g/mol. The number of esters is 2. The van der Waals surface area contributed by atoms with Gasteiger partial charge in [-0.3, -0.25) is 19.2 Å². The summed E-state index contributed by atoms with van der Waals surface area (Å²) in [6.45, 7) is 14.6. The first kappa shape index (κ1) is 36.5. The molecule has 3 rings (SSSR count). The highest BCUT2D eigenvalue weighted by Gasteiger charge is 2.68. The average Bonchev–Trinajstić information content (AvgIpc) is 3.66. The fourth-order valence-corrected chi connectivity index (χ4v) is 7.16. The van der Waals surface area contributed by atoms with E-state index in [0.717, 1.165) is 0 Å². The van der Waals surface area contributed by atoms with Gasteiger partial charge in [0.15, 0.2) is 29.6 Å². The molecule has 3 saturated heterocycles. The van der Waals surface area contributed by atoms with E-state index in [0.29, 0.717) is 6.42 Å². The summed E-state index contributed by atoms with van der Waals surface area (Å²) in [5, 5.41) is 11.5. The van der Waals surface area contributed by atoms with Crippen LogP contribution in [0.15, 0.2) is 0 Å². The van der Waals surface area contributed by atoms with Crippen LogP contribution in [0.1, 0.15) is 81.6 Å². The number of hydrogen-bond donors (Lipinski definition) is 1. The van der Waals surface area contributed by atoms with Gasteiger partial charge in [0.2, 0.25) is 0 Å². The summed E-state index contributed by atoms with van der Waals surface area (Å²) >= 11 is 0. The van der Waals surface area contributed by atoms with Gasteiger partial charge in [-0.2, -0.15) is 0 Å². The van der Waals surface area contributed by atoms with Crippen LogP contribution in [0.3, 0.4) is 0 Å². The van der Waals surface area contributed by atoms with Crippen molar-refractivity contribution >= 4 is 23.5 Å². The molecule has 44 heavy (non-hydrogen) atoms. The Morgan fingerprint density at radius 2 is 1.70 bits per heavy atom. The van der Waals surface area contributed by atoms with Gasteiger partial charge in [0.25, 0.3) is 0 Å². The highest BCUT2D eigenvalue weighted by Crippen LogP contribution is 2.49. The lowest BCUT2D eigenvalue weighted by Gasteiger charge is -2.47. The minimum absolute atomic E-state index is 0.117. The van der Waals surface area contributed by atoms with E-state index in [4.69, 9.17) is 28.4 Å². The minimum Gasteiger partial charge on any atom is -0.459 e. The van der Waals surface area contributed by atoms with Crippen molar-refractivity contribution in [2.24, 2.45) is 17.8 Å². The molecule has 12 heteroatoms. The van der Waals surface area contributed by atoms with E-state index in [9.17, 15) is 24.3 Å². The third-order valence-corrected chi connectivity index (χ3v) is 9.85. The topological polar surface area (TPSA) is 150 Å². The van der Waals surface area contributed by atoms with Crippen LogP contribution in [0, 0.1) is 17.8 Å². The van der Waals surface area contributed by atoms with Crippen molar-refractivity contribution in [3.63, 3.8) is 0 Å². The molecule has 0 unspecified atom stereocenters. The largest absolute Gasteiger partial charge is 0.459 e. The number of epoxide rings is 1. The van der Waals surface area contributed by atoms with Crippen LogP contribution in [-0.4, -0.2) is 114 Å². The van der Waals surface area contributed by atoms with E-state index in [1.807, 2.05) is 25.9 Å². The normalized spacial score (nSPS) is 45.7. The molecule has 0 aromatic heterocycles. The average molecular weight is 628 g/mol. The van der Waals surface area contributed by atoms with E-state index in [1.54, 1.807) is 34.6 Å². The predicted octanol–water partition coefficient (Wildman–Crippen LogP) is 2.45. The van der Waals surface area contributed by atoms with Crippen LogP contribution in [-0.2, 0) is 47.6 Å². The number of ketones is 2. The molecule has 0 aromatic carbocycles. The fraction of sp³-hybridized carbons (Fsp3) is 0.875. The SMILES string of the molecule is CC[C@H]1OC(=O)[C@H](C)C(=O)[C@H](C)[C@@H](O[C@@H]2O[C@H](C)C[C@H](N(C)C)[C@H]2OC(C)=O)[C@@](C)(OC)C[C@@H](C)C(=O)[C@]2(C)O[C@@H]2[C@]1(C)O. The van der Waals surface area contributed by atoms with Crippen LogP contribution in [0.2, 0.25) is 0 Å². The van der Waals surface area contributed by atoms with Crippen molar-refractivity contribution in [3.05, 3.63) is 0 Å². The van der Waals surface area contributed by atoms with Gasteiger partial charge in [0.1, 0.15) is 23.7 Å². The number of cyclic esters (lactones) is 1. The third kappa shape index (κ3) is 7.05. The Morgan fingerprint density at radius 1 is 1.09 bits per heavy atom. The molecule has 3 fully saturated rings. The Kier molecular flexibility index (Phi) is 11.1. The minimum atomic E-state index is -1.67. The van der Waals surface area contributed by atoms with Crippen molar-refractivity contribution < 1.29 is 52.7 Å².